The van der Waals surface area contributed by atoms with E-state index in [1.165, 1.54) is 12.5 Å². The number of fused-ring (bicyclic) bond motifs is 8. The number of aliphatic imine (C=N–C) groups is 4. The highest BCUT2D eigenvalue weighted by molar-refractivity contribution is 7.93. The van der Waals surface area contributed by atoms with E-state index in [1.807, 2.05) is 115 Å². The van der Waals surface area contributed by atoms with Crippen molar-refractivity contribution in [3.63, 3.8) is 0 Å². The molecule has 0 saturated carbocycles. The summed E-state index contributed by atoms with van der Waals surface area (Å²) in [4.78, 5) is 57.0. The summed E-state index contributed by atoms with van der Waals surface area (Å²) in [5.41, 5.74) is 17.1. The summed E-state index contributed by atoms with van der Waals surface area (Å²) in [5.74, 6) is 2.92. The maximum absolute atomic E-state index is 12.5. The van der Waals surface area contributed by atoms with E-state index >= 15 is 0 Å². The van der Waals surface area contributed by atoms with Gasteiger partial charge in [0, 0.05) is 138 Å². The first-order valence-corrected chi connectivity index (χ1v) is 57.1. The summed E-state index contributed by atoms with van der Waals surface area (Å²) in [7, 11) is -6.65. The minimum atomic E-state index is -2.80. The fourth-order valence-electron chi connectivity index (χ4n) is 19.3. The molecule has 37 nitrogen and oxygen atoms in total. The zero-order chi connectivity index (χ0) is 102. The minimum Gasteiger partial charge on any atom is -0.472 e. The lowest BCUT2D eigenvalue weighted by molar-refractivity contribution is 0.00555. The molecule has 0 spiro atoms. The minimum absolute atomic E-state index is 0.244. The highest BCUT2D eigenvalue weighted by atomic mass is 35.5. The summed E-state index contributed by atoms with van der Waals surface area (Å²) in [6.45, 7) is 5.56. The molecule has 0 amide bonds. The summed E-state index contributed by atoms with van der Waals surface area (Å²) >= 11 is 26.4. The Morgan fingerprint density at radius 2 is 0.653 bits per heavy atom. The average molecular weight is 2160 g/mol. The third-order valence-corrected chi connectivity index (χ3v) is 33.7. The predicted molar refractivity (Wildman–Crippen MR) is 557 cm³/mol. The van der Waals surface area contributed by atoms with Crippen LogP contribution in [0.2, 0.25) is 20.1 Å². The van der Waals surface area contributed by atoms with Gasteiger partial charge < -0.3 is 87.1 Å². The molecule has 24 rings (SSSR count). The van der Waals surface area contributed by atoms with Crippen molar-refractivity contribution in [2.45, 2.75) is 138 Å². The van der Waals surface area contributed by atoms with Crippen molar-refractivity contribution in [1.29, 1.82) is 4.78 Å². The molecule has 3 unspecified atom stereocenters. The van der Waals surface area contributed by atoms with E-state index in [0.717, 1.165) is 116 Å². The Morgan fingerprint density at radius 1 is 0.354 bits per heavy atom. The van der Waals surface area contributed by atoms with E-state index < -0.39 is 63.3 Å². The normalized spacial score (nSPS) is 26.3. The van der Waals surface area contributed by atoms with Crippen LogP contribution < -0.4 is 9.80 Å². The monoisotopic (exact) mass is 2150 g/mol. The van der Waals surface area contributed by atoms with Crippen LogP contribution in [0, 0.1) is 4.78 Å². The molecule has 7 aromatic heterocycles. The molecule has 0 aliphatic carbocycles. The fraction of sp³-hybridized carbons (Fsp3) is 0.382. The van der Waals surface area contributed by atoms with Gasteiger partial charge in [0.25, 0.3) is 0 Å². The number of aliphatic hydroxyl groups excluding tert-OH is 4. The number of nitrogens with one attached hydrogen (secondary N) is 1. The Labute approximate surface area is 868 Å². The van der Waals surface area contributed by atoms with Crippen molar-refractivity contribution < 1.29 is 94.1 Å². The van der Waals surface area contributed by atoms with Crippen molar-refractivity contribution in [3.05, 3.63) is 219 Å². The van der Waals surface area contributed by atoms with E-state index in [1.54, 1.807) is 94.0 Å². The van der Waals surface area contributed by atoms with Crippen LogP contribution in [0.25, 0.3) is 67.5 Å². The van der Waals surface area contributed by atoms with Crippen molar-refractivity contribution >= 4 is 149 Å². The predicted octanol–water partition coefficient (Wildman–Crippen LogP) is 13.5. The second-order valence-electron chi connectivity index (χ2n) is 37.6. The number of benzene rings is 4. The number of anilines is 2. The SMILES string of the molecule is CN=S(C)(=O)c1ccc(-c2ccc(-c3nc4c(cc3Cl)N=C(O[C@@H]3CO[C@H]5[C@@H]3OC[C@H]5O)C4)cc2)nc1.CN=S(C)(=O)c1ccc(N2CCN(c3nc4c(cc3Cl)N=C(O[C@@H]3CO[C@H]5[C@@H]3OC[C@H]5O)C4)CC2)cc1.CS(=N)(=O)c1ccc(-c2ccc(-c3nc4c(cc3Cl)N=C(O[C@@H]3CO[C@H]5[C@@H]3OC[C@H]5O)C4)cc2)nc1.CS(C)(=O)=Nc1ccc(-c2ccc(-c3nc4c(cc3Cl)N=C(O[C@@H]3CO[C@H]5[C@@H]3OC[C@H]5O)C4)cc2)nc1. The maximum Gasteiger partial charge on any atom is 0.195 e. The molecule has 147 heavy (non-hydrogen) atoms. The number of piperazine rings is 1. The Balaban J connectivity index is 0.000000115. The molecule has 768 valence electrons. The van der Waals surface area contributed by atoms with Crippen LogP contribution in [0.4, 0.5) is 39.9 Å². The van der Waals surface area contributed by atoms with Gasteiger partial charge in [-0.05, 0) is 84.9 Å². The topological polar surface area (TPSA) is 467 Å². The van der Waals surface area contributed by atoms with Gasteiger partial charge in [-0.3, -0.25) is 15.0 Å². The highest BCUT2D eigenvalue weighted by Crippen LogP contribution is 2.45. The summed E-state index contributed by atoms with van der Waals surface area (Å²) in [6.07, 6.45) is 7.94. The molecular formula is C102H103Cl4N17O20S4. The standard InChI is InChI=1S/2C26H25ClN4O5S.C25H30ClN5O5S.C25H23ClN4O5S/c1-37(2,33)31-16-7-8-18(28-11-16)14-3-5-15(6-4-14)24-17(27)9-19-20(30-24)10-23(29-19)36-22-13-35-25-21(32)12-34-26(22)25;1-28-37(2,33)16-7-8-18(29-11-16)14-3-5-15(6-4-14)24-17(27)9-19-20(31-24)10-23(30-19)36-22-13-35-25-21(32)12-34-26(22)25;1-27-37(2,33)16-5-3-15(4-6-16)30-7-9-31(10-8-30)25-17(26)11-18-19(29-25)12-22(28-18)36-21-14-35-23-20(32)13-34-24(21)23;1-36(27,32)15-6-7-17(28-10-15)13-2-4-14(5-3-13)23-16(26)8-18-19(30-23)9-22(29-18)35-21-12-34-24-20(31)11-33-25(21)24/h2*3-9,11,21-22,25-26,32H,10,12-13H2,1-2H3;3-6,11,20-21,23-24,32H,7-10,12-14H2,1-2H3;2-8,10,20-21,24-25,27,31H,9,11-12H2,1H3/t21-,22-,25-,26-;21-,22-,25-,26-,37?;20-,21-,23-,24-,37?;20-,21-,24-,25-,36?/m1111/s1. The Kier molecular flexibility index (Phi) is 29.1. The fourth-order valence-corrected chi connectivity index (χ4v) is 23.2. The third kappa shape index (κ3) is 21.9. The van der Waals surface area contributed by atoms with Gasteiger partial charge >= 0.3 is 0 Å². The van der Waals surface area contributed by atoms with Crippen LogP contribution in [-0.2, 0) is 121 Å². The largest absolute Gasteiger partial charge is 0.472 e. The molecule has 13 aliphatic heterocycles. The van der Waals surface area contributed by atoms with E-state index in [0.29, 0.717) is 151 Å². The van der Waals surface area contributed by atoms with Gasteiger partial charge in [0.15, 0.2) is 48.0 Å². The van der Waals surface area contributed by atoms with Crippen LogP contribution in [-0.4, -0.2) is 318 Å². The van der Waals surface area contributed by atoms with Crippen molar-refractivity contribution in [2.75, 3.05) is 134 Å². The molecule has 13 aliphatic rings. The molecule has 9 saturated heterocycles. The molecule has 5 N–H and O–H groups in total. The zero-order valence-electron chi connectivity index (χ0n) is 80.4. The van der Waals surface area contributed by atoms with Gasteiger partial charge in [-0.2, -0.15) is 4.36 Å². The summed E-state index contributed by atoms with van der Waals surface area (Å²) < 4.78 is 138. The number of aromatic nitrogens is 7. The van der Waals surface area contributed by atoms with Gasteiger partial charge in [0.1, 0.15) is 79.1 Å². The lowest BCUT2D eigenvalue weighted by atomic mass is 10.1. The lowest BCUT2D eigenvalue weighted by Crippen LogP contribution is -2.47. The first kappa shape index (κ1) is 102. The number of nitrogens with zero attached hydrogens (tertiary/aromatic N) is 16. The third-order valence-electron chi connectivity index (χ3n) is 27.2. The molecule has 11 aromatic rings. The molecule has 4 aromatic carbocycles. The molecule has 0 radical (unpaired) electrons. The van der Waals surface area contributed by atoms with Crippen LogP contribution in [0.3, 0.4) is 0 Å². The average Bonchev–Trinajstić information content (AvgIpc) is 1.62. The summed E-state index contributed by atoms with van der Waals surface area (Å²) in [6, 6.07) is 49.1. The van der Waals surface area contributed by atoms with Crippen molar-refractivity contribution in [3.8, 4) is 67.5 Å². The molecule has 19 atom stereocenters. The quantitative estimate of drug-likeness (QED) is 0.0600. The smallest absolute Gasteiger partial charge is 0.195 e. The number of halogens is 4. The first-order valence-electron chi connectivity index (χ1n) is 47.5. The van der Waals surface area contributed by atoms with E-state index in [-0.39, 0.29) is 99.7 Å². The number of hydrogen-bond acceptors (Lipinski definition) is 37. The van der Waals surface area contributed by atoms with Crippen LogP contribution in [0.15, 0.2) is 224 Å². The van der Waals surface area contributed by atoms with E-state index in [4.69, 9.17) is 128 Å². The second kappa shape index (κ2) is 42.0. The Hall–Kier alpha value is -11.1. The zero-order valence-corrected chi connectivity index (χ0v) is 86.7. The van der Waals surface area contributed by atoms with Crippen LogP contribution in [0.1, 0.15) is 22.8 Å². The summed E-state index contributed by atoms with van der Waals surface area (Å²) in [5, 5.41) is 41.8. The van der Waals surface area contributed by atoms with Crippen molar-refractivity contribution in [1.82, 2.24) is 34.9 Å². The number of aliphatic hydroxyl groups is 4. The maximum atomic E-state index is 12.5. The molecular weight excluding hydrogens is 2050 g/mol. The van der Waals surface area contributed by atoms with E-state index in [2.05, 4.69) is 57.8 Å². The van der Waals surface area contributed by atoms with Gasteiger partial charge in [0.2, 0.25) is 0 Å². The molecule has 20 heterocycles. The van der Waals surface area contributed by atoms with Gasteiger partial charge in [-0.1, -0.05) is 119 Å². The second-order valence-corrected chi connectivity index (χ2v) is 48.8. The molecule has 0 bridgehead atoms. The number of rotatable bonds is 16. The molecule has 45 heteroatoms. The number of ether oxygens (including phenoxy) is 12. The first-order chi connectivity index (χ1) is 70.6. The van der Waals surface area contributed by atoms with E-state index in [9.17, 15) is 37.3 Å². The number of pyridine rings is 7. The van der Waals surface area contributed by atoms with Crippen LogP contribution >= 0.6 is 46.4 Å². The highest BCUT2D eigenvalue weighted by Gasteiger charge is 2.53. The Bertz CT molecular complexity index is 7570. The molecule has 9 fully saturated rings. The Morgan fingerprint density at radius 3 is 0.973 bits per heavy atom. The number of hydrogen-bond donors (Lipinski definition) is 5. The van der Waals surface area contributed by atoms with Crippen LogP contribution in [0.5, 0.6) is 0 Å². The van der Waals surface area contributed by atoms with Gasteiger partial charge in [-0.15, -0.1) is 0 Å². The lowest BCUT2D eigenvalue weighted by Gasteiger charge is -2.37. The van der Waals surface area contributed by atoms with Crippen molar-refractivity contribution in [2.24, 2.45) is 33.1 Å². The van der Waals surface area contributed by atoms with Gasteiger partial charge in [0.05, 0.1) is 229 Å². The van der Waals surface area contributed by atoms with Gasteiger partial charge in [-0.25, -0.2) is 70.2 Å².